The molecule has 0 aliphatic carbocycles. The van der Waals surface area contributed by atoms with Gasteiger partial charge in [-0.3, -0.25) is 4.98 Å². The number of aromatic nitrogens is 1. The third kappa shape index (κ3) is 3.82. The predicted molar refractivity (Wildman–Crippen MR) is 97.2 cm³/mol. The lowest BCUT2D eigenvalue weighted by atomic mass is 10.1. The maximum absolute atomic E-state index is 12.9. The van der Waals surface area contributed by atoms with Gasteiger partial charge in [-0.05, 0) is 50.2 Å². The van der Waals surface area contributed by atoms with Crippen molar-refractivity contribution in [3.63, 3.8) is 0 Å². The first kappa shape index (κ1) is 18.2. The van der Waals surface area contributed by atoms with Gasteiger partial charge in [0.05, 0.1) is 9.64 Å². The van der Waals surface area contributed by atoms with Crippen LogP contribution in [0.4, 0.5) is 0 Å². The fourth-order valence-electron chi connectivity index (χ4n) is 2.55. The van der Waals surface area contributed by atoms with Crippen molar-refractivity contribution in [1.82, 2.24) is 9.29 Å². The summed E-state index contributed by atoms with van der Waals surface area (Å²) >= 11 is 1.57. The van der Waals surface area contributed by atoms with Crippen molar-refractivity contribution in [2.24, 2.45) is 0 Å². The summed E-state index contributed by atoms with van der Waals surface area (Å²) in [6.07, 6.45) is 2.17. The summed E-state index contributed by atoms with van der Waals surface area (Å²) in [5.74, 6) is 1.79. The summed E-state index contributed by atoms with van der Waals surface area (Å²) in [5, 5.41) is 10.4. The predicted octanol–water partition coefficient (Wildman–Crippen LogP) is 2.71. The van der Waals surface area contributed by atoms with Gasteiger partial charge in [-0.15, -0.1) is 0 Å². The first-order valence-corrected chi connectivity index (χ1v) is 10.2. The van der Waals surface area contributed by atoms with E-state index in [1.807, 2.05) is 13.8 Å². The molecule has 0 bridgehead atoms. The highest BCUT2D eigenvalue weighted by atomic mass is 32.2. The van der Waals surface area contributed by atoms with Crippen LogP contribution in [0.15, 0.2) is 53.7 Å². The fourth-order valence-corrected chi connectivity index (χ4v) is 5.43. The van der Waals surface area contributed by atoms with Crippen LogP contribution in [0.3, 0.4) is 0 Å². The Labute approximate surface area is 151 Å². The largest absolute Gasteiger partial charge is 0.457 e. The number of rotatable bonds is 4. The number of aliphatic hydroxyl groups is 1. The van der Waals surface area contributed by atoms with Gasteiger partial charge in [-0.2, -0.15) is 16.1 Å². The molecule has 2 aromatic rings. The van der Waals surface area contributed by atoms with Crippen molar-refractivity contribution in [3.8, 4) is 11.5 Å². The molecule has 1 unspecified atom stereocenters. The highest BCUT2D eigenvalue weighted by Crippen LogP contribution is 2.37. The topological polar surface area (TPSA) is 79.7 Å². The van der Waals surface area contributed by atoms with Crippen molar-refractivity contribution in [3.05, 3.63) is 48.8 Å². The number of benzene rings is 1. The molecule has 0 radical (unpaired) electrons. The monoisotopic (exact) mass is 380 g/mol. The maximum Gasteiger partial charge on any atom is 0.245 e. The standard InChI is InChI=1S/C17H20N2O4S2/c1-17(2)16(20)19(11-12-24-17)25(21,22)15-5-3-13(4-6-15)23-14-7-9-18-10-8-14/h3-10,16,20H,11-12H2,1-2H3. The molecule has 1 saturated heterocycles. The van der Waals surface area contributed by atoms with E-state index in [2.05, 4.69) is 4.98 Å². The molecule has 3 rings (SSSR count). The Hall–Kier alpha value is -1.61. The fraction of sp³-hybridized carbons (Fsp3) is 0.353. The molecule has 134 valence electrons. The van der Waals surface area contributed by atoms with Crippen LogP contribution >= 0.6 is 11.8 Å². The van der Waals surface area contributed by atoms with Crippen molar-refractivity contribution in [2.75, 3.05) is 12.3 Å². The van der Waals surface area contributed by atoms with Crippen LogP contribution in [-0.2, 0) is 10.0 Å². The first-order chi connectivity index (χ1) is 11.8. The smallest absolute Gasteiger partial charge is 0.245 e. The van der Waals surface area contributed by atoms with Gasteiger partial charge in [0, 0.05) is 24.7 Å². The molecule has 1 atom stereocenters. The molecule has 0 saturated carbocycles. The molecule has 25 heavy (non-hydrogen) atoms. The van der Waals surface area contributed by atoms with E-state index in [4.69, 9.17) is 4.74 Å². The van der Waals surface area contributed by atoms with Crippen LogP contribution in [0.1, 0.15) is 13.8 Å². The third-order valence-electron chi connectivity index (χ3n) is 4.00. The molecule has 1 fully saturated rings. The van der Waals surface area contributed by atoms with Gasteiger partial charge in [0.1, 0.15) is 17.7 Å². The number of sulfonamides is 1. The lowest BCUT2D eigenvalue weighted by Crippen LogP contribution is -2.54. The summed E-state index contributed by atoms with van der Waals surface area (Å²) in [6.45, 7) is 3.97. The first-order valence-electron chi connectivity index (χ1n) is 7.82. The van der Waals surface area contributed by atoms with Crippen LogP contribution in [0.2, 0.25) is 0 Å². The van der Waals surface area contributed by atoms with E-state index < -0.39 is 21.0 Å². The van der Waals surface area contributed by atoms with E-state index in [1.54, 1.807) is 48.4 Å². The van der Waals surface area contributed by atoms with Gasteiger partial charge in [0.25, 0.3) is 0 Å². The Bertz CT molecular complexity index is 823. The molecule has 0 spiro atoms. The van der Waals surface area contributed by atoms with E-state index in [0.717, 1.165) is 0 Å². The number of ether oxygens (including phenoxy) is 1. The van der Waals surface area contributed by atoms with Crippen molar-refractivity contribution in [1.29, 1.82) is 0 Å². The lowest BCUT2D eigenvalue weighted by molar-refractivity contribution is 0.0352. The van der Waals surface area contributed by atoms with Crippen molar-refractivity contribution < 1.29 is 18.3 Å². The minimum Gasteiger partial charge on any atom is -0.457 e. The number of hydrogen-bond donors (Lipinski definition) is 1. The molecule has 1 aromatic carbocycles. The number of pyridine rings is 1. The average Bonchev–Trinajstić information content (AvgIpc) is 2.58. The second kappa shape index (κ2) is 6.95. The van der Waals surface area contributed by atoms with Gasteiger partial charge in [0.2, 0.25) is 10.0 Å². The highest BCUT2D eigenvalue weighted by molar-refractivity contribution is 8.00. The molecular formula is C17H20N2O4S2. The summed E-state index contributed by atoms with van der Waals surface area (Å²) in [7, 11) is -3.77. The van der Waals surface area contributed by atoms with Crippen molar-refractivity contribution in [2.45, 2.75) is 29.7 Å². The average molecular weight is 380 g/mol. The summed E-state index contributed by atoms with van der Waals surface area (Å²) in [6, 6.07) is 9.62. The van der Waals surface area contributed by atoms with E-state index >= 15 is 0 Å². The molecular weight excluding hydrogens is 360 g/mol. The molecule has 0 amide bonds. The zero-order valence-corrected chi connectivity index (χ0v) is 15.6. The van der Waals surface area contributed by atoms with Gasteiger partial charge in [-0.25, -0.2) is 8.42 Å². The Morgan fingerprint density at radius 2 is 1.76 bits per heavy atom. The molecule has 1 aromatic heterocycles. The normalized spacial score (nSPS) is 21.0. The number of nitrogens with zero attached hydrogens (tertiary/aromatic N) is 2. The van der Waals surface area contributed by atoms with Crippen LogP contribution < -0.4 is 4.74 Å². The molecule has 1 aliphatic rings. The quantitative estimate of drug-likeness (QED) is 0.879. The Morgan fingerprint density at radius 3 is 2.40 bits per heavy atom. The minimum atomic E-state index is -3.77. The van der Waals surface area contributed by atoms with Crippen LogP contribution in [-0.4, -0.2) is 46.1 Å². The highest BCUT2D eigenvalue weighted by Gasteiger charge is 2.43. The number of hydrogen-bond acceptors (Lipinski definition) is 6. The van der Waals surface area contributed by atoms with Gasteiger partial charge in [0.15, 0.2) is 0 Å². The molecule has 1 aliphatic heterocycles. The van der Waals surface area contributed by atoms with E-state index in [-0.39, 0.29) is 11.4 Å². The molecule has 2 heterocycles. The summed E-state index contributed by atoms with van der Waals surface area (Å²) < 4.78 is 32.0. The molecule has 6 nitrogen and oxygen atoms in total. The van der Waals surface area contributed by atoms with Crippen LogP contribution in [0.5, 0.6) is 11.5 Å². The second-order valence-corrected chi connectivity index (χ2v) is 9.84. The summed E-state index contributed by atoms with van der Waals surface area (Å²) in [4.78, 5) is 4.05. The zero-order chi connectivity index (χ0) is 18.1. The lowest BCUT2D eigenvalue weighted by Gasteiger charge is -2.41. The minimum absolute atomic E-state index is 0.135. The SMILES string of the molecule is CC1(C)SCCN(S(=O)(=O)c2ccc(Oc3ccncc3)cc2)C1O. The Morgan fingerprint density at radius 1 is 1.16 bits per heavy atom. The van der Waals surface area contributed by atoms with Crippen LogP contribution in [0, 0.1) is 0 Å². The molecule has 1 N–H and O–H groups in total. The van der Waals surface area contributed by atoms with E-state index in [0.29, 0.717) is 17.3 Å². The van der Waals surface area contributed by atoms with E-state index in [9.17, 15) is 13.5 Å². The third-order valence-corrected chi connectivity index (χ3v) is 7.21. The second-order valence-electron chi connectivity index (χ2n) is 6.20. The van der Waals surface area contributed by atoms with Gasteiger partial charge >= 0.3 is 0 Å². The Balaban J connectivity index is 1.81. The van der Waals surface area contributed by atoms with Gasteiger partial charge in [-0.1, -0.05) is 0 Å². The maximum atomic E-state index is 12.9. The number of thioether (sulfide) groups is 1. The Kier molecular flexibility index (Phi) is 5.06. The van der Waals surface area contributed by atoms with Gasteiger partial charge < -0.3 is 9.84 Å². The van der Waals surface area contributed by atoms with Crippen molar-refractivity contribution >= 4 is 21.8 Å². The zero-order valence-electron chi connectivity index (χ0n) is 14.0. The van der Waals surface area contributed by atoms with Crippen LogP contribution in [0.25, 0.3) is 0 Å². The summed E-state index contributed by atoms with van der Waals surface area (Å²) in [5.41, 5.74) is 0. The number of aliphatic hydroxyl groups excluding tert-OH is 1. The molecule has 8 heteroatoms. The van der Waals surface area contributed by atoms with E-state index in [1.165, 1.54) is 16.4 Å².